The van der Waals surface area contributed by atoms with E-state index in [1.807, 2.05) is 30.3 Å². The van der Waals surface area contributed by atoms with E-state index in [1.54, 1.807) is 42.5 Å². The van der Waals surface area contributed by atoms with E-state index in [1.165, 1.54) is 18.7 Å². The molecule has 0 aromatic heterocycles. The lowest BCUT2D eigenvalue weighted by Crippen LogP contribution is -2.20. The van der Waals surface area contributed by atoms with Gasteiger partial charge in [0.25, 0.3) is 0 Å². The van der Waals surface area contributed by atoms with Crippen molar-refractivity contribution in [3.63, 3.8) is 0 Å². The molecule has 0 fully saturated rings. The van der Waals surface area contributed by atoms with Gasteiger partial charge in [-0.15, -0.1) is 11.8 Å². The number of hydrogen-bond donors (Lipinski definition) is 3. The minimum Gasteiger partial charge on any atom is -0.486 e. The largest absolute Gasteiger partial charge is 0.486 e. The van der Waals surface area contributed by atoms with Crippen LogP contribution in [0.3, 0.4) is 0 Å². The van der Waals surface area contributed by atoms with E-state index >= 15 is 0 Å². The molecule has 1 heterocycles. The Morgan fingerprint density at radius 2 is 1.56 bits per heavy atom. The second-order valence-electron chi connectivity index (χ2n) is 7.90. The fourth-order valence-corrected chi connectivity index (χ4v) is 4.44. The van der Waals surface area contributed by atoms with Crippen molar-refractivity contribution in [2.45, 2.75) is 17.1 Å². The standard InChI is InChI=1S/C27H24N2O6S/c1-17(27(32)33)15-24(30)28-19-7-10-21(11-8-19)36-25(18-5-3-2-4-6-18)26(31)29-20-9-12-22-23(16-20)35-14-13-34-22/h2-12,15-16,25H,13-14H2,1H3,(H,28,30)(H,29,31)(H,32,33)/b17-15+. The molecule has 1 unspecified atom stereocenters. The van der Waals surface area contributed by atoms with Crippen LogP contribution in [0.15, 0.2) is 89.3 Å². The number of rotatable bonds is 8. The first-order chi connectivity index (χ1) is 17.4. The van der Waals surface area contributed by atoms with Gasteiger partial charge in [0.15, 0.2) is 11.5 Å². The average molecular weight is 505 g/mol. The van der Waals surface area contributed by atoms with E-state index in [4.69, 9.17) is 14.6 Å². The summed E-state index contributed by atoms with van der Waals surface area (Å²) >= 11 is 1.37. The molecule has 1 aliphatic rings. The number of carboxylic acid groups (broad SMARTS) is 1. The molecule has 1 aliphatic heterocycles. The molecule has 4 rings (SSSR count). The smallest absolute Gasteiger partial charge is 0.331 e. The SMILES string of the molecule is C/C(=C\C(=O)Nc1ccc(SC(C(=O)Nc2ccc3c(c2)OCCO3)c2ccccc2)cc1)C(=O)O. The first-order valence-electron chi connectivity index (χ1n) is 11.1. The molecule has 8 nitrogen and oxygen atoms in total. The number of anilines is 2. The summed E-state index contributed by atoms with van der Waals surface area (Å²) in [5, 5.41) is 14.0. The molecule has 0 saturated heterocycles. The van der Waals surface area contributed by atoms with E-state index in [9.17, 15) is 14.4 Å². The summed E-state index contributed by atoms with van der Waals surface area (Å²) in [5.74, 6) is -0.646. The monoisotopic (exact) mass is 504 g/mol. The molecule has 0 saturated carbocycles. The van der Waals surface area contributed by atoms with Crippen molar-refractivity contribution in [1.29, 1.82) is 0 Å². The molecule has 9 heteroatoms. The van der Waals surface area contributed by atoms with Crippen molar-refractivity contribution < 1.29 is 29.0 Å². The highest BCUT2D eigenvalue weighted by Crippen LogP contribution is 2.38. The maximum Gasteiger partial charge on any atom is 0.331 e. The Balaban J connectivity index is 1.48. The van der Waals surface area contributed by atoms with Gasteiger partial charge >= 0.3 is 5.97 Å². The number of benzene rings is 3. The van der Waals surface area contributed by atoms with Crippen LogP contribution in [0.5, 0.6) is 11.5 Å². The van der Waals surface area contributed by atoms with Gasteiger partial charge in [-0.3, -0.25) is 9.59 Å². The van der Waals surface area contributed by atoms with Gasteiger partial charge in [-0.1, -0.05) is 30.3 Å². The molecule has 0 bridgehead atoms. The summed E-state index contributed by atoms with van der Waals surface area (Å²) in [6.07, 6.45) is 1.03. The van der Waals surface area contributed by atoms with Gasteiger partial charge in [-0.05, 0) is 48.9 Å². The van der Waals surface area contributed by atoms with Crippen molar-refractivity contribution in [1.82, 2.24) is 0 Å². The summed E-state index contributed by atoms with van der Waals surface area (Å²) in [5.41, 5.74) is 1.89. The van der Waals surface area contributed by atoms with Gasteiger partial charge < -0.3 is 25.2 Å². The Morgan fingerprint density at radius 3 is 2.25 bits per heavy atom. The Hall–Kier alpha value is -4.24. The van der Waals surface area contributed by atoms with E-state index in [0.717, 1.165) is 16.5 Å². The number of fused-ring (bicyclic) bond motifs is 1. The van der Waals surface area contributed by atoms with E-state index in [0.29, 0.717) is 36.1 Å². The van der Waals surface area contributed by atoms with Crippen LogP contribution >= 0.6 is 11.8 Å². The lowest BCUT2D eigenvalue weighted by molar-refractivity contribution is -0.132. The molecule has 3 N–H and O–H groups in total. The van der Waals surface area contributed by atoms with Crippen LogP contribution in [0.25, 0.3) is 0 Å². The summed E-state index contributed by atoms with van der Waals surface area (Å²) in [4.78, 5) is 37.0. The number of carboxylic acids is 1. The third-order valence-corrected chi connectivity index (χ3v) is 6.48. The minimum absolute atomic E-state index is 0.0607. The predicted octanol–water partition coefficient (Wildman–Crippen LogP) is 4.90. The van der Waals surface area contributed by atoms with Gasteiger partial charge in [0.1, 0.15) is 18.5 Å². The Bertz CT molecular complexity index is 1290. The van der Waals surface area contributed by atoms with Crippen LogP contribution < -0.4 is 20.1 Å². The molecule has 3 aromatic rings. The number of ether oxygens (including phenoxy) is 2. The first-order valence-corrected chi connectivity index (χ1v) is 12.0. The fraction of sp³-hybridized carbons (Fsp3) is 0.148. The summed E-state index contributed by atoms with van der Waals surface area (Å²) in [6, 6.07) is 21.7. The Morgan fingerprint density at radius 1 is 0.889 bits per heavy atom. The van der Waals surface area contributed by atoms with Crippen molar-refractivity contribution >= 4 is 40.9 Å². The van der Waals surface area contributed by atoms with Crippen LogP contribution in [0, 0.1) is 0 Å². The fourth-order valence-electron chi connectivity index (χ4n) is 3.42. The van der Waals surface area contributed by atoms with Crippen LogP contribution in [0.4, 0.5) is 11.4 Å². The highest BCUT2D eigenvalue weighted by Gasteiger charge is 2.23. The first kappa shape index (κ1) is 24.9. The number of amides is 2. The number of nitrogens with one attached hydrogen (secondary N) is 2. The molecule has 0 radical (unpaired) electrons. The number of carbonyl (C=O) groups is 3. The van der Waals surface area contributed by atoms with E-state index in [2.05, 4.69) is 10.6 Å². The maximum atomic E-state index is 13.3. The van der Waals surface area contributed by atoms with Crippen LogP contribution in [0.1, 0.15) is 17.7 Å². The summed E-state index contributed by atoms with van der Waals surface area (Å²) in [7, 11) is 0. The van der Waals surface area contributed by atoms with Crippen LogP contribution in [-0.2, 0) is 14.4 Å². The van der Waals surface area contributed by atoms with Crippen LogP contribution in [0.2, 0.25) is 0 Å². The zero-order valence-corrected chi connectivity index (χ0v) is 20.2. The molecular weight excluding hydrogens is 480 g/mol. The second-order valence-corrected chi connectivity index (χ2v) is 9.08. The Labute approximate surface area is 212 Å². The van der Waals surface area contributed by atoms with Crippen molar-refractivity contribution in [2.75, 3.05) is 23.8 Å². The molecule has 3 aromatic carbocycles. The Kier molecular flexibility index (Phi) is 7.92. The topological polar surface area (TPSA) is 114 Å². The lowest BCUT2D eigenvalue weighted by atomic mass is 10.1. The zero-order chi connectivity index (χ0) is 25.5. The number of thioether (sulfide) groups is 1. The molecule has 1 atom stereocenters. The lowest BCUT2D eigenvalue weighted by Gasteiger charge is -2.20. The molecule has 0 spiro atoms. The van der Waals surface area contributed by atoms with E-state index < -0.39 is 17.1 Å². The highest BCUT2D eigenvalue weighted by atomic mass is 32.2. The molecule has 36 heavy (non-hydrogen) atoms. The van der Waals surface area contributed by atoms with Gasteiger partial charge in [0, 0.05) is 34.0 Å². The van der Waals surface area contributed by atoms with Gasteiger partial charge in [-0.2, -0.15) is 0 Å². The quantitative estimate of drug-likeness (QED) is 0.295. The number of hydrogen-bond acceptors (Lipinski definition) is 6. The second kappa shape index (κ2) is 11.5. The number of carbonyl (C=O) groups excluding carboxylic acids is 2. The predicted molar refractivity (Wildman–Crippen MR) is 138 cm³/mol. The zero-order valence-electron chi connectivity index (χ0n) is 19.4. The molecule has 2 amide bonds. The third kappa shape index (κ3) is 6.45. The minimum atomic E-state index is -1.15. The van der Waals surface area contributed by atoms with E-state index in [-0.39, 0.29) is 11.5 Å². The van der Waals surface area contributed by atoms with Gasteiger partial charge in [0.2, 0.25) is 11.8 Å². The van der Waals surface area contributed by atoms with Crippen LogP contribution in [-0.4, -0.2) is 36.1 Å². The summed E-state index contributed by atoms with van der Waals surface area (Å²) < 4.78 is 11.2. The molecular formula is C27H24N2O6S. The maximum absolute atomic E-state index is 13.3. The van der Waals surface area contributed by atoms with Gasteiger partial charge in [-0.25, -0.2) is 4.79 Å². The molecule has 0 aliphatic carbocycles. The van der Waals surface area contributed by atoms with Crippen molar-refractivity contribution in [2.24, 2.45) is 0 Å². The highest BCUT2D eigenvalue weighted by molar-refractivity contribution is 8.00. The average Bonchev–Trinajstić information content (AvgIpc) is 2.88. The normalized spacial score (nSPS) is 13.4. The van der Waals surface area contributed by atoms with Crippen molar-refractivity contribution in [3.8, 4) is 11.5 Å². The summed E-state index contributed by atoms with van der Waals surface area (Å²) in [6.45, 7) is 2.30. The van der Waals surface area contributed by atoms with Crippen molar-refractivity contribution in [3.05, 3.63) is 90.0 Å². The molecule has 184 valence electrons. The third-order valence-electron chi connectivity index (χ3n) is 5.21. The van der Waals surface area contributed by atoms with Gasteiger partial charge in [0.05, 0.1) is 0 Å². The number of aliphatic carboxylic acids is 1.